The maximum absolute atomic E-state index is 12.5. The molecule has 9 heteroatoms. The number of anilines is 3. The van der Waals surface area contributed by atoms with Gasteiger partial charge in [0, 0.05) is 67.7 Å². The monoisotopic (exact) mass is 542 g/mol. The van der Waals surface area contributed by atoms with Crippen molar-refractivity contribution in [1.82, 2.24) is 4.90 Å². The van der Waals surface area contributed by atoms with Gasteiger partial charge in [0.15, 0.2) is 0 Å². The third kappa shape index (κ3) is 6.90. The molecule has 1 atom stereocenters. The van der Waals surface area contributed by atoms with Crippen LogP contribution in [0, 0.1) is 5.92 Å². The lowest BCUT2D eigenvalue weighted by Crippen LogP contribution is -2.51. The van der Waals surface area contributed by atoms with Gasteiger partial charge in [-0.05, 0) is 73.7 Å². The van der Waals surface area contributed by atoms with Gasteiger partial charge in [-0.25, -0.2) is 4.99 Å². The van der Waals surface area contributed by atoms with Crippen molar-refractivity contribution in [3.63, 3.8) is 0 Å². The number of amides is 2. The molecule has 0 bridgehead atoms. The summed E-state index contributed by atoms with van der Waals surface area (Å²) in [6, 6.07) is 15.5. The standard InChI is InChI=1S/C31H38N6O3/c1-22(33-16-15-28(32)23-7-9-26(10-8-23)35-30(38)29-6-3-21-40-29)34-25-11-13-27(14-12-25)36-17-19-37(20-18-36)31(39)24-4-2-5-24/h7-16,24,29,34H,1-6,17-21,32H2,(H,35,38)/b28-15-,33-16-. The number of aliphatic imine (C=N–C) groups is 1. The molecule has 3 fully saturated rings. The first-order valence-corrected chi connectivity index (χ1v) is 14.1. The van der Waals surface area contributed by atoms with E-state index in [2.05, 4.69) is 39.2 Å². The molecule has 0 spiro atoms. The summed E-state index contributed by atoms with van der Waals surface area (Å²) < 4.78 is 5.42. The number of hydrogen-bond donors (Lipinski definition) is 3. The number of carbonyl (C=O) groups excluding carboxylic acids is 2. The molecule has 1 unspecified atom stereocenters. The fraction of sp³-hybridized carbons (Fsp3) is 0.387. The molecule has 2 aliphatic heterocycles. The maximum atomic E-state index is 12.5. The molecule has 3 aliphatic rings. The van der Waals surface area contributed by atoms with E-state index in [1.807, 2.05) is 41.3 Å². The van der Waals surface area contributed by atoms with Gasteiger partial charge < -0.3 is 30.9 Å². The number of ether oxygens (including phenoxy) is 1. The van der Waals surface area contributed by atoms with E-state index in [1.165, 1.54) is 6.42 Å². The van der Waals surface area contributed by atoms with Crippen molar-refractivity contribution in [2.45, 2.75) is 38.2 Å². The van der Waals surface area contributed by atoms with Gasteiger partial charge in [-0.1, -0.05) is 25.1 Å². The average molecular weight is 543 g/mol. The van der Waals surface area contributed by atoms with Gasteiger partial charge in [-0.15, -0.1) is 0 Å². The highest BCUT2D eigenvalue weighted by atomic mass is 16.5. The molecule has 5 rings (SSSR count). The maximum Gasteiger partial charge on any atom is 0.253 e. The van der Waals surface area contributed by atoms with Crippen molar-refractivity contribution in [3.05, 3.63) is 72.6 Å². The minimum atomic E-state index is -0.365. The van der Waals surface area contributed by atoms with E-state index in [0.29, 0.717) is 29.7 Å². The molecule has 4 N–H and O–H groups in total. The average Bonchev–Trinajstić information content (AvgIpc) is 3.48. The van der Waals surface area contributed by atoms with E-state index in [4.69, 9.17) is 10.5 Å². The fourth-order valence-electron chi connectivity index (χ4n) is 5.11. The summed E-state index contributed by atoms with van der Waals surface area (Å²) in [7, 11) is 0. The highest BCUT2D eigenvalue weighted by Crippen LogP contribution is 2.29. The van der Waals surface area contributed by atoms with Gasteiger partial charge in [-0.2, -0.15) is 0 Å². The second-order valence-electron chi connectivity index (χ2n) is 10.5. The van der Waals surface area contributed by atoms with Crippen LogP contribution in [-0.2, 0) is 14.3 Å². The van der Waals surface area contributed by atoms with Crippen LogP contribution in [0.3, 0.4) is 0 Å². The number of nitrogens with zero attached hydrogens (tertiary/aromatic N) is 3. The number of benzene rings is 2. The molecule has 2 heterocycles. The number of rotatable bonds is 9. The van der Waals surface area contributed by atoms with Crippen LogP contribution < -0.4 is 21.3 Å². The zero-order chi connectivity index (χ0) is 27.9. The van der Waals surface area contributed by atoms with Crippen LogP contribution in [0.25, 0.3) is 5.70 Å². The van der Waals surface area contributed by atoms with Crippen LogP contribution in [0.2, 0.25) is 0 Å². The van der Waals surface area contributed by atoms with Crippen molar-refractivity contribution >= 4 is 40.8 Å². The van der Waals surface area contributed by atoms with Crippen LogP contribution in [0.1, 0.15) is 37.7 Å². The Kier molecular flexibility index (Phi) is 8.81. The molecular weight excluding hydrogens is 504 g/mol. The van der Waals surface area contributed by atoms with Gasteiger partial charge in [0.2, 0.25) is 5.91 Å². The zero-order valence-corrected chi connectivity index (χ0v) is 22.9. The molecule has 1 saturated carbocycles. The fourth-order valence-corrected chi connectivity index (χ4v) is 5.11. The summed E-state index contributed by atoms with van der Waals surface area (Å²) >= 11 is 0. The minimum Gasteiger partial charge on any atom is -0.398 e. The quantitative estimate of drug-likeness (QED) is 0.410. The second kappa shape index (κ2) is 12.8. The Morgan fingerprint density at radius 2 is 1.60 bits per heavy atom. The molecule has 2 aromatic rings. The Balaban J connectivity index is 1.06. The lowest BCUT2D eigenvalue weighted by atomic mass is 9.84. The highest BCUT2D eigenvalue weighted by Gasteiger charge is 2.31. The number of nitrogens with two attached hydrogens (primary N) is 1. The molecule has 2 aromatic carbocycles. The van der Waals surface area contributed by atoms with E-state index in [0.717, 1.165) is 68.8 Å². The van der Waals surface area contributed by atoms with Gasteiger partial charge in [0.1, 0.15) is 11.9 Å². The van der Waals surface area contributed by atoms with Crippen LogP contribution in [-0.4, -0.2) is 61.8 Å². The summed E-state index contributed by atoms with van der Waals surface area (Å²) in [5.41, 5.74) is 10.3. The SMILES string of the molecule is C=C(/N=C\C=C(/N)c1ccc(NC(=O)C2CCCO2)cc1)Nc1ccc(N2CCN(C(=O)C3CCC3)CC2)cc1. The van der Waals surface area contributed by atoms with E-state index in [9.17, 15) is 9.59 Å². The summed E-state index contributed by atoms with van der Waals surface area (Å²) in [6.07, 6.45) is 7.92. The topological polar surface area (TPSA) is 112 Å². The molecule has 1 aliphatic carbocycles. The lowest BCUT2D eigenvalue weighted by molar-refractivity contribution is -0.138. The van der Waals surface area contributed by atoms with Crippen molar-refractivity contribution in [1.29, 1.82) is 0 Å². The van der Waals surface area contributed by atoms with Crippen molar-refractivity contribution in [2.24, 2.45) is 16.6 Å². The van der Waals surface area contributed by atoms with E-state index in [-0.39, 0.29) is 17.9 Å². The Bertz CT molecular complexity index is 1250. The van der Waals surface area contributed by atoms with Crippen LogP contribution >= 0.6 is 0 Å². The third-order valence-electron chi connectivity index (χ3n) is 7.76. The molecular formula is C31H38N6O3. The largest absolute Gasteiger partial charge is 0.398 e. The van der Waals surface area contributed by atoms with Gasteiger partial charge in [0.25, 0.3) is 5.91 Å². The number of hydrogen-bond acceptors (Lipinski definition) is 7. The Morgan fingerprint density at radius 3 is 2.23 bits per heavy atom. The first kappa shape index (κ1) is 27.5. The van der Waals surface area contributed by atoms with Gasteiger partial charge >= 0.3 is 0 Å². The van der Waals surface area contributed by atoms with Crippen LogP contribution in [0.4, 0.5) is 17.1 Å². The summed E-state index contributed by atoms with van der Waals surface area (Å²) in [6.45, 7) is 7.88. The molecule has 210 valence electrons. The number of allylic oxidation sites excluding steroid dienone is 1. The van der Waals surface area contributed by atoms with Gasteiger partial charge in [0.05, 0.1) is 0 Å². The van der Waals surface area contributed by atoms with Crippen molar-refractivity contribution < 1.29 is 14.3 Å². The predicted molar refractivity (Wildman–Crippen MR) is 160 cm³/mol. The summed E-state index contributed by atoms with van der Waals surface area (Å²) in [5.74, 6) is 0.988. The molecule has 40 heavy (non-hydrogen) atoms. The Labute approximate surface area is 235 Å². The highest BCUT2D eigenvalue weighted by molar-refractivity contribution is 5.94. The van der Waals surface area contributed by atoms with Crippen molar-refractivity contribution in [2.75, 3.05) is 48.3 Å². The number of nitrogens with one attached hydrogen (secondary N) is 2. The molecule has 0 aromatic heterocycles. The Hall–Kier alpha value is -4.11. The summed E-state index contributed by atoms with van der Waals surface area (Å²) in [4.78, 5) is 33.4. The molecule has 2 saturated heterocycles. The first-order valence-electron chi connectivity index (χ1n) is 14.1. The van der Waals surface area contributed by atoms with Crippen LogP contribution in [0.5, 0.6) is 0 Å². The van der Waals surface area contributed by atoms with Gasteiger partial charge in [-0.3, -0.25) is 9.59 Å². The normalized spacial score (nSPS) is 19.9. The van der Waals surface area contributed by atoms with Crippen LogP contribution in [0.15, 0.2) is 72.0 Å². The minimum absolute atomic E-state index is 0.114. The lowest BCUT2D eigenvalue weighted by Gasteiger charge is -2.39. The smallest absolute Gasteiger partial charge is 0.253 e. The van der Waals surface area contributed by atoms with E-state index >= 15 is 0 Å². The van der Waals surface area contributed by atoms with E-state index in [1.54, 1.807) is 12.3 Å². The Morgan fingerprint density at radius 1 is 0.925 bits per heavy atom. The number of piperazine rings is 1. The third-order valence-corrected chi connectivity index (χ3v) is 7.76. The molecule has 9 nitrogen and oxygen atoms in total. The second-order valence-corrected chi connectivity index (χ2v) is 10.5. The molecule has 0 radical (unpaired) electrons. The predicted octanol–water partition coefficient (Wildman–Crippen LogP) is 4.21. The number of carbonyl (C=O) groups is 2. The zero-order valence-electron chi connectivity index (χ0n) is 22.9. The molecule has 2 amide bonds. The van der Waals surface area contributed by atoms with Crippen molar-refractivity contribution in [3.8, 4) is 0 Å². The first-order chi connectivity index (χ1) is 19.5. The van der Waals surface area contributed by atoms with E-state index < -0.39 is 0 Å². The summed E-state index contributed by atoms with van der Waals surface area (Å²) in [5, 5.41) is 6.08.